The van der Waals surface area contributed by atoms with Gasteiger partial charge in [-0.1, -0.05) is 18.2 Å². The van der Waals surface area contributed by atoms with Crippen LogP contribution in [0.25, 0.3) is 0 Å². The van der Waals surface area contributed by atoms with E-state index in [1.54, 1.807) is 29.5 Å². The molecule has 0 spiro atoms. The second kappa shape index (κ2) is 7.99. The van der Waals surface area contributed by atoms with E-state index in [1.807, 2.05) is 38.5 Å². The van der Waals surface area contributed by atoms with E-state index in [0.29, 0.717) is 6.54 Å². The standard InChI is InChI=1S/C17H23N3O2S/c1-12(13-6-4-7-14(21)10-13)19-17(22)18-11-15(20(2)3)16-8-5-9-23-16/h4-10,12,15,21H,11H2,1-3H3,(H2,18,19,22). The Hall–Kier alpha value is -2.05. The summed E-state index contributed by atoms with van der Waals surface area (Å²) in [4.78, 5) is 15.4. The Balaban J connectivity index is 1.89. The SMILES string of the molecule is CC(NC(=O)NCC(c1cccs1)N(C)C)c1cccc(O)c1. The first kappa shape index (κ1) is 17.3. The van der Waals surface area contributed by atoms with Gasteiger partial charge >= 0.3 is 6.03 Å². The predicted octanol–water partition coefficient (Wildman–Crippen LogP) is 3.12. The summed E-state index contributed by atoms with van der Waals surface area (Å²) in [5.41, 5.74) is 0.863. The van der Waals surface area contributed by atoms with E-state index in [4.69, 9.17) is 0 Å². The van der Waals surface area contributed by atoms with Crippen LogP contribution in [-0.2, 0) is 0 Å². The zero-order valence-corrected chi connectivity index (χ0v) is 14.4. The van der Waals surface area contributed by atoms with Crippen molar-refractivity contribution in [3.05, 3.63) is 52.2 Å². The highest BCUT2D eigenvalue weighted by molar-refractivity contribution is 7.10. The van der Waals surface area contributed by atoms with Crippen molar-refractivity contribution < 1.29 is 9.90 Å². The molecule has 3 N–H and O–H groups in total. The van der Waals surface area contributed by atoms with Crippen LogP contribution in [-0.4, -0.2) is 36.7 Å². The number of nitrogens with one attached hydrogen (secondary N) is 2. The minimum Gasteiger partial charge on any atom is -0.508 e. The Labute approximate surface area is 140 Å². The highest BCUT2D eigenvalue weighted by atomic mass is 32.1. The van der Waals surface area contributed by atoms with Gasteiger partial charge in [0, 0.05) is 11.4 Å². The van der Waals surface area contributed by atoms with Gasteiger partial charge in [-0.15, -0.1) is 11.3 Å². The largest absolute Gasteiger partial charge is 0.508 e. The summed E-state index contributed by atoms with van der Waals surface area (Å²) in [5.74, 6) is 0.196. The Bertz CT molecular complexity index is 629. The van der Waals surface area contributed by atoms with Gasteiger partial charge in [0.1, 0.15) is 5.75 Å². The van der Waals surface area contributed by atoms with Gasteiger partial charge in [-0.25, -0.2) is 4.79 Å². The van der Waals surface area contributed by atoms with E-state index >= 15 is 0 Å². The van der Waals surface area contributed by atoms with Crippen LogP contribution in [0.1, 0.15) is 29.4 Å². The number of benzene rings is 1. The van der Waals surface area contributed by atoms with Crippen LogP contribution in [0.5, 0.6) is 5.75 Å². The van der Waals surface area contributed by atoms with E-state index in [0.717, 1.165) is 5.56 Å². The summed E-state index contributed by atoms with van der Waals surface area (Å²) in [6, 6.07) is 10.7. The number of phenolic OH excluding ortho intramolecular Hbond substituents is 1. The maximum atomic E-state index is 12.1. The molecule has 0 bridgehead atoms. The second-order valence-electron chi connectivity index (χ2n) is 5.67. The topological polar surface area (TPSA) is 64.6 Å². The summed E-state index contributed by atoms with van der Waals surface area (Å²) in [5, 5.41) is 17.4. The Morgan fingerprint density at radius 3 is 2.70 bits per heavy atom. The molecule has 0 aliphatic carbocycles. The molecular weight excluding hydrogens is 310 g/mol. The minimum atomic E-state index is -0.218. The van der Waals surface area contributed by atoms with Gasteiger partial charge in [0.25, 0.3) is 0 Å². The number of thiophene rings is 1. The van der Waals surface area contributed by atoms with Crippen molar-refractivity contribution in [1.29, 1.82) is 0 Å². The fourth-order valence-corrected chi connectivity index (χ4v) is 3.26. The van der Waals surface area contributed by atoms with Crippen LogP contribution in [0, 0.1) is 0 Å². The van der Waals surface area contributed by atoms with Gasteiger partial charge in [-0.3, -0.25) is 0 Å². The number of nitrogens with zero attached hydrogens (tertiary/aromatic N) is 1. The van der Waals surface area contributed by atoms with Crippen LogP contribution < -0.4 is 10.6 Å². The number of urea groups is 1. The molecule has 2 aromatic rings. The van der Waals surface area contributed by atoms with E-state index in [1.165, 1.54) is 4.88 Å². The monoisotopic (exact) mass is 333 g/mol. The molecule has 2 rings (SSSR count). The second-order valence-corrected chi connectivity index (χ2v) is 6.65. The minimum absolute atomic E-state index is 0.150. The molecule has 1 heterocycles. The lowest BCUT2D eigenvalue weighted by Gasteiger charge is -2.24. The molecule has 0 saturated heterocycles. The van der Waals surface area contributed by atoms with Crippen LogP contribution in [0.4, 0.5) is 4.79 Å². The number of hydrogen-bond acceptors (Lipinski definition) is 4. The van der Waals surface area contributed by atoms with Crippen molar-refractivity contribution in [3.8, 4) is 5.75 Å². The number of phenols is 1. The summed E-state index contributed by atoms with van der Waals surface area (Å²) in [6.45, 7) is 2.42. The van der Waals surface area contributed by atoms with E-state index in [2.05, 4.69) is 21.6 Å². The number of amides is 2. The summed E-state index contributed by atoms with van der Waals surface area (Å²) in [7, 11) is 4.00. The molecule has 2 amide bonds. The predicted molar refractivity (Wildman–Crippen MR) is 93.8 cm³/mol. The number of hydrogen-bond donors (Lipinski definition) is 3. The molecular formula is C17H23N3O2S. The van der Waals surface area contributed by atoms with E-state index in [9.17, 15) is 9.90 Å². The number of carbonyl (C=O) groups is 1. The third-order valence-electron chi connectivity index (χ3n) is 3.67. The number of aromatic hydroxyl groups is 1. The Morgan fingerprint density at radius 2 is 2.09 bits per heavy atom. The summed E-state index contributed by atoms with van der Waals surface area (Å²) < 4.78 is 0. The third-order valence-corrected chi connectivity index (χ3v) is 4.64. The zero-order valence-electron chi connectivity index (χ0n) is 13.6. The van der Waals surface area contributed by atoms with Gasteiger partial charge in [0.2, 0.25) is 0 Å². The molecule has 124 valence electrons. The average Bonchev–Trinajstić information content (AvgIpc) is 3.01. The van der Waals surface area contributed by atoms with Gasteiger partial charge in [0.05, 0.1) is 12.1 Å². The fraction of sp³-hybridized carbons (Fsp3) is 0.353. The maximum Gasteiger partial charge on any atom is 0.315 e. The first-order valence-corrected chi connectivity index (χ1v) is 8.38. The Kier molecular flexibility index (Phi) is 6.01. The highest BCUT2D eigenvalue weighted by Crippen LogP contribution is 2.22. The molecule has 0 fully saturated rings. The number of rotatable bonds is 6. The van der Waals surface area contributed by atoms with E-state index < -0.39 is 0 Å². The number of likely N-dealkylation sites (N-methyl/N-ethyl adjacent to an activating group) is 1. The van der Waals surface area contributed by atoms with Gasteiger partial charge < -0.3 is 20.6 Å². The maximum absolute atomic E-state index is 12.1. The zero-order chi connectivity index (χ0) is 16.8. The van der Waals surface area contributed by atoms with Crippen LogP contribution in [0.15, 0.2) is 41.8 Å². The molecule has 0 aliphatic heterocycles. The van der Waals surface area contributed by atoms with Crippen LogP contribution in [0.3, 0.4) is 0 Å². The van der Waals surface area contributed by atoms with Crippen molar-refractivity contribution in [1.82, 2.24) is 15.5 Å². The summed E-state index contributed by atoms with van der Waals surface area (Å²) >= 11 is 1.68. The highest BCUT2D eigenvalue weighted by Gasteiger charge is 2.17. The van der Waals surface area contributed by atoms with Crippen LogP contribution in [0.2, 0.25) is 0 Å². The normalized spacial score (nSPS) is 13.6. The average molecular weight is 333 g/mol. The first-order chi connectivity index (χ1) is 11.0. The van der Waals surface area contributed by atoms with Gasteiger partial charge in [-0.2, -0.15) is 0 Å². The molecule has 6 heteroatoms. The quantitative estimate of drug-likeness (QED) is 0.761. The van der Waals surface area contributed by atoms with Crippen molar-refractivity contribution in [2.45, 2.75) is 19.0 Å². The van der Waals surface area contributed by atoms with Gasteiger partial charge in [0.15, 0.2) is 0 Å². The lowest BCUT2D eigenvalue weighted by molar-refractivity contribution is 0.230. The molecule has 0 aliphatic rings. The molecule has 0 saturated carbocycles. The van der Waals surface area contributed by atoms with Crippen molar-refractivity contribution >= 4 is 17.4 Å². The van der Waals surface area contributed by atoms with Gasteiger partial charge in [-0.05, 0) is 50.2 Å². The molecule has 0 radical (unpaired) electrons. The molecule has 2 unspecified atom stereocenters. The first-order valence-electron chi connectivity index (χ1n) is 7.50. The smallest absolute Gasteiger partial charge is 0.315 e. The fourth-order valence-electron chi connectivity index (χ4n) is 2.33. The number of carbonyl (C=O) groups excluding carboxylic acids is 1. The molecule has 2 atom stereocenters. The lowest BCUT2D eigenvalue weighted by atomic mass is 10.1. The van der Waals surface area contributed by atoms with Crippen molar-refractivity contribution in [3.63, 3.8) is 0 Å². The van der Waals surface area contributed by atoms with Crippen LogP contribution >= 0.6 is 11.3 Å². The Morgan fingerprint density at radius 1 is 1.30 bits per heavy atom. The molecule has 5 nitrogen and oxygen atoms in total. The van der Waals surface area contributed by atoms with Crippen molar-refractivity contribution in [2.24, 2.45) is 0 Å². The molecule has 23 heavy (non-hydrogen) atoms. The lowest BCUT2D eigenvalue weighted by Crippen LogP contribution is -2.41. The third kappa shape index (κ3) is 4.97. The van der Waals surface area contributed by atoms with E-state index in [-0.39, 0.29) is 23.9 Å². The molecule has 1 aromatic heterocycles. The molecule has 1 aromatic carbocycles. The van der Waals surface area contributed by atoms with Crippen molar-refractivity contribution in [2.75, 3.05) is 20.6 Å². The summed E-state index contributed by atoms with van der Waals surface area (Å²) in [6.07, 6.45) is 0.